The van der Waals surface area contributed by atoms with Crippen LogP contribution >= 0.6 is 0 Å². The number of rotatable bonds is 4. The fourth-order valence-electron chi connectivity index (χ4n) is 0.432. The zero-order chi connectivity index (χ0) is 7.98. The molecule has 11 heavy (non-hydrogen) atoms. The molecule has 0 rings (SSSR count). The van der Waals surface area contributed by atoms with Gasteiger partial charge in [-0.1, -0.05) is 19.9 Å². The van der Waals surface area contributed by atoms with Gasteiger partial charge in [0.25, 0.3) is 0 Å². The Morgan fingerprint density at radius 3 is 2.45 bits per heavy atom. The average Bonchev–Trinajstić information content (AvgIpc) is 1.88. The van der Waals surface area contributed by atoms with Crippen molar-refractivity contribution in [3.63, 3.8) is 0 Å². The normalized spacial score (nSPS) is 8.18. The summed E-state index contributed by atoms with van der Waals surface area (Å²) in [6, 6.07) is 0. The number of hydrogen-bond donors (Lipinski definition) is 0. The van der Waals surface area contributed by atoms with Gasteiger partial charge in [0.15, 0.2) is 0 Å². The number of hydrogen-bond acceptors (Lipinski definition) is 2. The second kappa shape index (κ2) is 8.23. The molecule has 4 radical (unpaired) electrons. The van der Waals surface area contributed by atoms with Crippen molar-refractivity contribution in [3.05, 3.63) is 12.2 Å². The van der Waals surface area contributed by atoms with Crippen molar-refractivity contribution in [2.75, 3.05) is 6.61 Å². The molecule has 0 N–H and O–H groups in total. The van der Waals surface area contributed by atoms with Crippen molar-refractivity contribution in [2.24, 2.45) is 0 Å². The third kappa shape index (κ3) is 8.03. The molecule has 0 aliphatic rings. The quantitative estimate of drug-likeness (QED) is 0.333. The number of ether oxygens (including phenoxy) is 1. The Balaban J connectivity index is 0. The molecule has 62 valence electrons. The largest absolute Gasteiger partial charge is 0.462 e. The average molecular weight is 349 g/mol. The minimum atomic E-state index is -0.284. The summed E-state index contributed by atoms with van der Waals surface area (Å²) in [6.07, 6.45) is 1.97. The molecule has 0 unspecified atom stereocenters. The summed E-state index contributed by atoms with van der Waals surface area (Å²) >= 11 is 0. The molecular weight excluding hydrogens is 335 g/mol. The van der Waals surface area contributed by atoms with Gasteiger partial charge in [0.05, 0.1) is 6.61 Å². The molecule has 0 saturated heterocycles. The van der Waals surface area contributed by atoms with Gasteiger partial charge in [0.1, 0.15) is 0 Å². The van der Waals surface area contributed by atoms with Gasteiger partial charge in [0, 0.05) is 32.9 Å². The van der Waals surface area contributed by atoms with Crippen molar-refractivity contribution >= 4 is 33.3 Å². The summed E-state index contributed by atoms with van der Waals surface area (Å²) in [5, 5.41) is 0. The molecule has 0 spiro atoms. The van der Waals surface area contributed by atoms with Crippen LogP contribution in [0.1, 0.15) is 26.7 Å². The summed E-state index contributed by atoms with van der Waals surface area (Å²) in [7, 11) is 0. The van der Waals surface area contributed by atoms with Crippen molar-refractivity contribution in [1.82, 2.24) is 0 Å². The van der Waals surface area contributed by atoms with Gasteiger partial charge in [-0.15, -0.1) is 0 Å². The third-order valence-corrected chi connectivity index (χ3v) is 1.08. The van der Waals surface area contributed by atoms with Gasteiger partial charge in [0.2, 0.25) is 0 Å². The summed E-state index contributed by atoms with van der Waals surface area (Å²) in [5.41, 5.74) is 0.469. The minimum absolute atomic E-state index is 0. The monoisotopic (exact) mass is 350 g/mol. The predicted octanol–water partition coefficient (Wildman–Crippen LogP) is 1.52. The summed E-state index contributed by atoms with van der Waals surface area (Å²) in [6.45, 7) is 7.67. The topological polar surface area (TPSA) is 26.3 Å². The first-order valence-electron chi connectivity index (χ1n) is 3.51. The SMILES string of the molecule is C=C(C)C(=O)OCCCC.[Pb]. The Hall–Kier alpha value is 0.132. The first-order chi connectivity index (χ1) is 4.68. The van der Waals surface area contributed by atoms with Crippen molar-refractivity contribution < 1.29 is 9.53 Å². The van der Waals surface area contributed by atoms with E-state index in [4.69, 9.17) is 4.74 Å². The molecule has 0 bridgehead atoms. The van der Waals surface area contributed by atoms with Crippen LogP contribution in [-0.4, -0.2) is 39.9 Å². The van der Waals surface area contributed by atoms with E-state index < -0.39 is 0 Å². The van der Waals surface area contributed by atoms with Crippen LogP contribution in [0.5, 0.6) is 0 Å². The Kier molecular flexibility index (Phi) is 10.3. The third-order valence-electron chi connectivity index (χ3n) is 1.08. The minimum Gasteiger partial charge on any atom is -0.462 e. The van der Waals surface area contributed by atoms with Crippen LogP contribution in [0.4, 0.5) is 0 Å². The fraction of sp³-hybridized carbons (Fsp3) is 0.625. The maximum atomic E-state index is 10.7. The van der Waals surface area contributed by atoms with Gasteiger partial charge >= 0.3 is 5.97 Å². The van der Waals surface area contributed by atoms with Gasteiger partial charge < -0.3 is 4.74 Å². The number of esters is 1. The van der Waals surface area contributed by atoms with Gasteiger partial charge in [-0.25, -0.2) is 4.79 Å². The molecule has 0 heterocycles. The number of unbranched alkanes of at least 4 members (excludes halogenated alkanes) is 1. The van der Waals surface area contributed by atoms with E-state index in [1.807, 2.05) is 0 Å². The van der Waals surface area contributed by atoms with Crippen molar-refractivity contribution in [2.45, 2.75) is 26.7 Å². The molecule has 0 aromatic rings. The predicted molar refractivity (Wildman–Crippen MR) is 46.4 cm³/mol. The van der Waals surface area contributed by atoms with E-state index >= 15 is 0 Å². The standard InChI is InChI=1S/C8H14O2.Pb/c1-4-5-6-10-8(9)7(2)3;/h2,4-6H2,1,3H3;. The van der Waals surface area contributed by atoms with Gasteiger partial charge in [-0.05, 0) is 13.3 Å². The molecule has 0 fully saturated rings. The van der Waals surface area contributed by atoms with Crippen LogP contribution in [-0.2, 0) is 9.53 Å². The van der Waals surface area contributed by atoms with E-state index in [9.17, 15) is 4.79 Å². The van der Waals surface area contributed by atoms with E-state index in [1.54, 1.807) is 6.92 Å². The molecule has 0 aliphatic carbocycles. The summed E-state index contributed by atoms with van der Waals surface area (Å²) < 4.78 is 4.81. The second-order valence-corrected chi connectivity index (χ2v) is 2.27. The van der Waals surface area contributed by atoms with E-state index in [0.29, 0.717) is 12.2 Å². The molecular formula is C8H14O2Pb. The van der Waals surface area contributed by atoms with Crippen molar-refractivity contribution in [1.29, 1.82) is 0 Å². The molecule has 0 saturated carbocycles. The first kappa shape index (κ1) is 13.7. The zero-order valence-corrected chi connectivity index (χ0v) is 11.0. The Labute approximate surface area is 88.2 Å². The van der Waals surface area contributed by atoms with Crippen molar-refractivity contribution in [3.8, 4) is 0 Å². The second-order valence-electron chi connectivity index (χ2n) is 2.27. The fourth-order valence-corrected chi connectivity index (χ4v) is 0.432. The first-order valence-corrected chi connectivity index (χ1v) is 3.51. The van der Waals surface area contributed by atoms with Crippen LogP contribution in [0.25, 0.3) is 0 Å². The van der Waals surface area contributed by atoms with Gasteiger partial charge in [-0.3, -0.25) is 0 Å². The maximum absolute atomic E-state index is 10.7. The van der Waals surface area contributed by atoms with Crippen LogP contribution in [0.3, 0.4) is 0 Å². The number of carbonyl (C=O) groups is 1. The molecule has 2 nitrogen and oxygen atoms in total. The Morgan fingerprint density at radius 2 is 2.09 bits per heavy atom. The summed E-state index contributed by atoms with van der Waals surface area (Å²) in [4.78, 5) is 10.7. The van der Waals surface area contributed by atoms with Crippen LogP contribution in [0.15, 0.2) is 12.2 Å². The molecule has 0 atom stereocenters. The molecule has 3 heteroatoms. The smallest absolute Gasteiger partial charge is 0.333 e. The molecule has 0 amide bonds. The summed E-state index contributed by atoms with van der Waals surface area (Å²) in [5.74, 6) is -0.284. The number of carbonyl (C=O) groups excluding carboxylic acids is 1. The molecule has 0 aliphatic heterocycles. The van der Waals surface area contributed by atoms with Gasteiger partial charge in [-0.2, -0.15) is 0 Å². The Morgan fingerprint density at radius 1 is 1.55 bits per heavy atom. The van der Waals surface area contributed by atoms with E-state index in [2.05, 4.69) is 13.5 Å². The van der Waals surface area contributed by atoms with E-state index in [-0.39, 0.29) is 33.3 Å². The van der Waals surface area contributed by atoms with Crippen LogP contribution in [0.2, 0.25) is 0 Å². The molecule has 0 aromatic carbocycles. The maximum Gasteiger partial charge on any atom is 0.333 e. The zero-order valence-electron chi connectivity index (χ0n) is 7.14. The molecule has 0 aromatic heterocycles. The van der Waals surface area contributed by atoms with E-state index in [0.717, 1.165) is 12.8 Å². The van der Waals surface area contributed by atoms with Crippen LogP contribution in [0, 0.1) is 0 Å². The van der Waals surface area contributed by atoms with E-state index in [1.165, 1.54) is 0 Å². The van der Waals surface area contributed by atoms with Crippen LogP contribution < -0.4 is 0 Å². The Bertz CT molecular complexity index is 132.